The Balaban J connectivity index is -0.000000240. The van der Waals surface area contributed by atoms with Gasteiger partial charge in [-0.05, 0) is 37.5 Å². The minimum atomic E-state index is -0.579. The number of hydrogen-bond donors (Lipinski definition) is 0. The van der Waals surface area contributed by atoms with E-state index in [0.717, 1.165) is 37.4 Å². The van der Waals surface area contributed by atoms with Gasteiger partial charge in [-0.15, -0.1) is 0 Å². The van der Waals surface area contributed by atoms with Crippen LogP contribution >= 0.6 is 0 Å². The van der Waals surface area contributed by atoms with Crippen LogP contribution in [0.1, 0.15) is 90.0 Å². The molecule has 0 aromatic heterocycles. The van der Waals surface area contributed by atoms with E-state index in [2.05, 4.69) is 14.2 Å². The van der Waals surface area contributed by atoms with Crippen LogP contribution in [0.4, 0.5) is 0 Å². The minimum absolute atomic E-state index is 0. The van der Waals surface area contributed by atoms with Gasteiger partial charge >= 0.3 is 35.8 Å². The number of benzene rings is 2. The lowest BCUT2D eigenvalue weighted by atomic mass is 10.1. The zero-order valence-corrected chi connectivity index (χ0v) is 26.9. The number of carbonyl (C=O) groups excluding carboxylic acids is 6. The quantitative estimate of drug-likeness (QED) is 0.221. The third-order valence-corrected chi connectivity index (χ3v) is 5.32. The second-order valence-electron chi connectivity index (χ2n) is 8.17. The zero-order valence-electron chi connectivity index (χ0n) is 26.9. The molecular weight excluding hydrogens is 624 g/mol. The summed E-state index contributed by atoms with van der Waals surface area (Å²) in [6.45, 7) is 11.1. The molecule has 2 aromatic carbocycles. The van der Waals surface area contributed by atoms with Crippen molar-refractivity contribution in [2.24, 2.45) is 0 Å². The summed E-state index contributed by atoms with van der Waals surface area (Å²) in [6.07, 6.45) is 6.27. The predicted molar refractivity (Wildman–Crippen MR) is 169 cm³/mol. The maximum Gasteiger partial charge on any atom is 0.346 e. The summed E-state index contributed by atoms with van der Waals surface area (Å²) in [6, 6.07) is 14.0. The third-order valence-electron chi connectivity index (χ3n) is 5.32. The Bertz CT molecular complexity index is 1200. The number of cyclic esters (lactones) is 6. The van der Waals surface area contributed by atoms with Crippen LogP contribution in [0.5, 0.6) is 0 Å². The SMILES string of the molecule is C1CCOC1.CC.CC.O.O.O.O.O=C1C=CC(=O)O1.O=C1CCCO1.O=C1OC(=O)c2ccccc21.O=C1OCc2ccccc21. The summed E-state index contributed by atoms with van der Waals surface area (Å²) < 4.78 is 22.6. The average Bonchev–Trinajstić information content (AvgIpc) is 3.89. The van der Waals surface area contributed by atoms with Crippen LogP contribution in [0, 0.1) is 0 Å². The van der Waals surface area contributed by atoms with Crippen LogP contribution in [0.3, 0.4) is 0 Å². The third kappa shape index (κ3) is 18.1. The van der Waals surface area contributed by atoms with Crippen LogP contribution in [-0.4, -0.2) is 77.5 Å². The van der Waals surface area contributed by atoms with Crippen molar-refractivity contribution >= 4 is 35.8 Å². The van der Waals surface area contributed by atoms with Gasteiger partial charge in [0.25, 0.3) is 0 Å². The monoisotopic (exact) mass is 670 g/mol. The Morgan fingerprint density at radius 3 is 1.30 bits per heavy atom. The van der Waals surface area contributed by atoms with Gasteiger partial charge in [-0.25, -0.2) is 24.0 Å². The molecule has 0 atom stereocenters. The minimum Gasteiger partial charge on any atom is -0.466 e. The van der Waals surface area contributed by atoms with E-state index in [-0.39, 0.29) is 33.8 Å². The van der Waals surface area contributed by atoms with Gasteiger partial charge in [0.1, 0.15) is 6.61 Å². The van der Waals surface area contributed by atoms with Crippen molar-refractivity contribution in [3.8, 4) is 0 Å². The number of carbonyl (C=O) groups is 6. The molecule has 264 valence electrons. The molecule has 7 rings (SSSR count). The van der Waals surface area contributed by atoms with E-state index in [1.54, 1.807) is 30.3 Å². The molecule has 0 saturated carbocycles. The van der Waals surface area contributed by atoms with E-state index in [1.165, 1.54) is 12.8 Å². The lowest BCUT2D eigenvalue weighted by Crippen LogP contribution is -1.96. The van der Waals surface area contributed by atoms with Gasteiger partial charge in [0.05, 0.1) is 23.3 Å². The molecule has 15 nitrogen and oxygen atoms in total. The smallest absolute Gasteiger partial charge is 0.346 e. The first kappa shape index (κ1) is 49.1. The Morgan fingerprint density at radius 1 is 0.511 bits per heavy atom. The summed E-state index contributed by atoms with van der Waals surface area (Å²) in [5.74, 6) is -2.50. The first-order valence-electron chi connectivity index (χ1n) is 14.1. The molecule has 0 aliphatic carbocycles. The molecule has 5 aliphatic rings. The molecule has 8 N–H and O–H groups in total. The van der Waals surface area contributed by atoms with Crippen molar-refractivity contribution in [2.45, 2.75) is 60.0 Å². The molecule has 5 aliphatic heterocycles. The van der Waals surface area contributed by atoms with Crippen LogP contribution < -0.4 is 0 Å². The van der Waals surface area contributed by atoms with E-state index >= 15 is 0 Å². The second kappa shape index (κ2) is 28.7. The zero-order chi connectivity index (χ0) is 32.0. The van der Waals surface area contributed by atoms with E-state index in [1.807, 2.05) is 45.9 Å². The van der Waals surface area contributed by atoms with Crippen molar-refractivity contribution in [2.75, 3.05) is 19.8 Å². The van der Waals surface area contributed by atoms with Crippen LogP contribution in [0.15, 0.2) is 60.7 Å². The Labute approximate surface area is 273 Å². The van der Waals surface area contributed by atoms with Gasteiger partial charge in [0, 0.05) is 37.4 Å². The molecule has 2 fully saturated rings. The van der Waals surface area contributed by atoms with Gasteiger partial charge in [0.2, 0.25) is 0 Å². The summed E-state index contributed by atoms with van der Waals surface area (Å²) in [7, 11) is 0. The van der Waals surface area contributed by atoms with Gasteiger partial charge in [-0.3, -0.25) is 4.79 Å². The first-order valence-corrected chi connectivity index (χ1v) is 14.1. The number of hydrogen-bond acceptors (Lipinski definition) is 11. The molecule has 15 heteroatoms. The fourth-order valence-electron chi connectivity index (χ4n) is 3.39. The predicted octanol–water partition coefficient (Wildman–Crippen LogP) is 1.85. The van der Waals surface area contributed by atoms with Crippen molar-refractivity contribution < 1.29 is 74.4 Å². The lowest BCUT2D eigenvalue weighted by Gasteiger charge is -1.87. The molecular formula is C32H46O15. The van der Waals surface area contributed by atoms with E-state index in [9.17, 15) is 28.8 Å². The maximum absolute atomic E-state index is 10.8. The highest BCUT2D eigenvalue weighted by atomic mass is 16.6. The van der Waals surface area contributed by atoms with Crippen molar-refractivity contribution in [3.63, 3.8) is 0 Å². The summed E-state index contributed by atoms with van der Waals surface area (Å²) in [5.41, 5.74) is 2.42. The average molecular weight is 671 g/mol. The van der Waals surface area contributed by atoms with Crippen molar-refractivity contribution in [1.82, 2.24) is 0 Å². The molecule has 0 radical (unpaired) electrons. The molecule has 0 bridgehead atoms. The fraction of sp³-hybridized carbons (Fsp3) is 0.375. The van der Waals surface area contributed by atoms with Crippen LogP contribution in [-0.2, 0) is 44.7 Å². The first-order chi connectivity index (χ1) is 20.8. The molecule has 5 heterocycles. The Morgan fingerprint density at radius 2 is 0.979 bits per heavy atom. The lowest BCUT2D eigenvalue weighted by molar-refractivity contribution is -0.150. The second-order valence-corrected chi connectivity index (χ2v) is 8.17. The highest BCUT2D eigenvalue weighted by Gasteiger charge is 2.28. The normalized spacial score (nSPS) is 14.6. The molecule has 2 aromatic rings. The maximum atomic E-state index is 10.8. The standard InChI is InChI=1S/C8H4O3.C8H6O2.C4H2O3.C4H6O2.C4H8O.2C2H6.4H2O/c9-7-5-3-1-2-4-6(5)8(10)11-7;9-8-7-4-2-1-3-6(7)5-10-8;5-3-1-2-4(6)7-3;5-4-2-1-3-6-4;1-2-4-5-3-1;2*1-2;;;;/h1-4H;1-4H,5H2;1-2H;1-3H2;1-4H2;2*1-2H3;4*1H2. The molecule has 0 unspecified atom stereocenters. The summed E-state index contributed by atoms with van der Waals surface area (Å²) in [5, 5.41) is 0. The van der Waals surface area contributed by atoms with E-state index in [4.69, 9.17) is 9.47 Å². The highest BCUT2D eigenvalue weighted by Crippen LogP contribution is 2.19. The number of ether oxygens (including phenoxy) is 5. The molecule has 0 spiro atoms. The fourth-order valence-corrected chi connectivity index (χ4v) is 3.39. The van der Waals surface area contributed by atoms with Gasteiger partial charge < -0.3 is 45.6 Å². The topological polar surface area (TPSA) is 275 Å². The van der Waals surface area contributed by atoms with Crippen molar-refractivity contribution in [3.05, 3.63) is 82.9 Å². The van der Waals surface area contributed by atoms with Crippen LogP contribution in [0.25, 0.3) is 0 Å². The summed E-state index contributed by atoms with van der Waals surface area (Å²) in [4.78, 5) is 62.4. The largest absolute Gasteiger partial charge is 0.466 e. The van der Waals surface area contributed by atoms with Crippen molar-refractivity contribution in [1.29, 1.82) is 0 Å². The van der Waals surface area contributed by atoms with E-state index < -0.39 is 23.9 Å². The number of rotatable bonds is 0. The molecule has 2 saturated heterocycles. The molecule has 0 amide bonds. The van der Waals surface area contributed by atoms with Gasteiger partial charge in [-0.2, -0.15) is 0 Å². The van der Waals surface area contributed by atoms with Gasteiger partial charge in [-0.1, -0.05) is 58.0 Å². The van der Waals surface area contributed by atoms with Gasteiger partial charge in [0.15, 0.2) is 0 Å². The van der Waals surface area contributed by atoms with E-state index in [0.29, 0.717) is 36.3 Å². The van der Waals surface area contributed by atoms with Crippen LogP contribution in [0.2, 0.25) is 0 Å². The Kier molecular flexibility index (Phi) is 29.9. The highest BCUT2D eigenvalue weighted by molar-refractivity contribution is 6.14. The Hall–Kier alpha value is -4.80. The molecule has 47 heavy (non-hydrogen) atoms. The number of fused-ring (bicyclic) bond motifs is 2. The number of esters is 6. The summed E-state index contributed by atoms with van der Waals surface area (Å²) >= 11 is 0.